The maximum atomic E-state index is 11.0. The predicted octanol–water partition coefficient (Wildman–Crippen LogP) is -0.0734. The molecule has 0 aliphatic carbocycles. The number of amidine groups is 1. The van der Waals surface area contributed by atoms with Gasteiger partial charge in [0.2, 0.25) is 0 Å². The van der Waals surface area contributed by atoms with Crippen LogP contribution in [0.25, 0.3) is 0 Å². The maximum absolute atomic E-state index is 11.0. The second-order valence-corrected chi connectivity index (χ2v) is 2.52. The second kappa shape index (κ2) is 3.37. The van der Waals surface area contributed by atoms with Crippen molar-refractivity contribution >= 4 is 11.8 Å². The normalized spacial score (nSPS) is 24.1. The fourth-order valence-electron chi connectivity index (χ4n) is 1.14. The van der Waals surface area contributed by atoms with E-state index in [-0.39, 0.29) is 11.9 Å². The van der Waals surface area contributed by atoms with Gasteiger partial charge in [-0.25, -0.2) is 0 Å². The summed E-state index contributed by atoms with van der Waals surface area (Å²) in [5.41, 5.74) is 5.50. The van der Waals surface area contributed by atoms with Gasteiger partial charge >= 0.3 is 5.97 Å². The minimum Gasteiger partial charge on any atom is -0.468 e. The molecule has 62 valence electrons. The summed E-state index contributed by atoms with van der Waals surface area (Å²) in [7, 11) is 1.37. The predicted molar refractivity (Wildman–Crippen MR) is 41.2 cm³/mol. The highest BCUT2D eigenvalue weighted by molar-refractivity contribution is 6.00. The van der Waals surface area contributed by atoms with Gasteiger partial charge in [-0.3, -0.25) is 9.79 Å². The highest BCUT2D eigenvalue weighted by Crippen LogP contribution is 2.13. The van der Waals surface area contributed by atoms with Crippen LogP contribution in [-0.4, -0.2) is 25.5 Å². The van der Waals surface area contributed by atoms with Crippen LogP contribution in [0, 0.1) is 5.92 Å². The van der Waals surface area contributed by atoms with Crippen molar-refractivity contribution in [3.05, 3.63) is 0 Å². The zero-order valence-corrected chi connectivity index (χ0v) is 6.54. The quantitative estimate of drug-likeness (QED) is 0.540. The zero-order chi connectivity index (χ0) is 8.27. The second-order valence-electron chi connectivity index (χ2n) is 2.52. The lowest BCUT2D eigenvalue weighted by molar-refractivity contribution is -0.143. The smallest absolute Gasteiger partial charge is 0.316 e. The van der Waals surface area contributed by atoms with Crippen LogP contribution in [0.2, 0.25) is 0 Å². The minimum atomic E-state index is -0.297. The lowest BCUT2D eigenvalue weighted by Crippen LogP contribution is -2.34. The van der Waals surface area contributed by atoms with Crippen LogP contribution in [0.4, 0.5) is 0 Å². The Morgan fingerprint density at radius 2 is 2.55 bits per heavy atom. The molecule has 0 saturated heterocycles. The average Bonchev–Trinajstić information content (AvgIpc) is 2.04. The molecule has 4 heteroatoms. The molecule has 0 aromatic heterocycles. The lowest BCUT2D eigenvalue weighted by atomic mass is 10.00. The molecule has 11 heavy (non-hydrogen) atoms. The molecule has 0 amide bonds. The monoisotopic (exact) mass is 156 g/mol. The molecule has 1 rings (SSSR count). The first-order chi connectivity index (χ1) is 5.25. The van der Waals surface area contributed by atoms with E-state index in [1.165, 1.54) is 7.11 Å². The van der Waals surface area contributed by atoms with Gasteiger partial charge in [0.05, 0.1) is 7.11 Å². The molecule has 0 unspecified atom stereocenters. The number of nitrogens with zero attached hydrogens (tertiary/aromatic N) is 1. The van der Waals surface area contributed by atoms with Gasteiger partial charge in [-0.1, -0.05) is 0 Å². The van der Waals surface area contributed by atoms with Crippen LogP contribution in [0.3, 0.4) is 0 Å². The number of esters is 1. The van der Waals surface area contributed by atoms with Crippen LogP contribution >= 0.6 is 0 Å². The van der Waals surface area contributed by atoms with Crippen molar-refractivity contribution in [3.63, 3.8) is 0 Å². The molecular weight excluding hydrogens is 144 g/mol. The van der Waals surface area contributed by atoms with Gasteiger partial charge in [0, 0.05) is 6.54 Å². The SMILES string of the molecule is COC(=O)[C@H]1CCCN=C1N. The summed E-state index contributed by atoms with van der Waals surface area (Å²) in [6, 6.07) is 0. The molecule has 4 nitrogen and oxygen atoms in total. The van der Waals surface area contributed by atoms with Crippen molar-refractivity contribution in [2.45, 2.75) is 12.8 Å². The van der Waals surface area contributed by atoms with Crippen LogP contribution in [0.5, 0.6) is 0 Å². The molecule has 0 bridgehead atoms. The summed E-state index contributed by atoms with van der Waals surface area (Å²) >= 11 is 0. The largest absolute Gasteiger partial charge is 0.468 e. The summed E-state index contributed by atoms with van der Waals surface area (Å²) in [6.07, 6.45) is 1.68. The number of carbonyl (C=O) groups is 1. The van der Waals surface area contributed by atoms with Crippen LogP contribution in [0.15, 0.2) is 4.99 Å². The Hall–Kier alpha value is -1.06. The van der Waals surface area contributed by atoms with Gasteiger partial charge in [-0.2, -0.15) is 0 Å². The van der Waals surface area contributed by atoms with E-state index in [9.17, 15) is 4.79 Å². The van der Waals surface area contributed by atoms with E-state index in [0.29, 0.717) is 5.84 Å². The molecule has 0 spiro atoms. The Morgan fingerprint density at radius 3 is 3.09 bits per heavy atom. The number of hydrogen-bond donors (Lipinski definition) is 1. The van der Waals surface area contributed by atoms with Crippen molar-refractivity contribution in [2.24, 2.45) is 16.6 Å². The molecule has 0 aromatic carbocycles. The highest BCUT2D eigenvalue weighted by Gasteiger charge is 2.24. The van der Waals surface area contributed by atoms with Crippen molar-refractivity contribution in [2.75, 3.05) is 13.7 Å². The van der Waals surface area contributed by atoms with E-state index < -0.39 is 0 Å². The third-order valence-electron chi connectivity index (χ3n) is 1.79. The van der Waals surface area contributed by atoms with E-state index in [4.69, 9.17) is 5.73 Å². The molecule has 0 saturated carbocycles. The summed E-state index contributed by atoms with van der Waals surface area (Å²) in [4.78, 5) is 15.0. The number of aliphatic imine (C=N–C) groups is 1. The topological polar surface area (TPSA) is 64.7 Å². The van der Waals surface area contributed by atoms with E-state index in [0.717, 1.165) is 19.4 Å². The zero-order valence-electron chi connectivity index (χ0n) is 6.54. The van der Waals surface area contributed by atoms with E-state index in [1.54, 1.807) is 0 Å². The molecule has 1 atom stereocenters. The Bertz CT molecular complexity index is 189. The lowest BCUT2D eigenvalue weighted by Gasteiger charge is -2.17. The number of carbonyl (C=O) groups excluding carboxylic acids is 1. The Balaban J connectivity index is 2.63. The Labute approximate surface area is 65.4 Å². The summed E-state index contributed by atoms with van der Waals surface area (Å²) < 4.78 is 4.56. The third kappa shape index (κ3) is 1.69. The number of hydrogen-bond acceptors (Lipinski definition) is 4. The molecule has 1 aliphatic rings. The van der Waals surface area contributed by atoms with Gasteiger partial charge in [0.25, 0.3) is 0 Å². The van der Waals surface area contributed by atoms with Crippen molar-refractivity contribution in [1.29, 1.82) is 0 Å². The summed E-state index contributed by atoms with van der Waals surface area (Å²) in [5.74, 6) is -0.150. The van der Waals surface area contributed by atoms with Gasteiger partial charge in [0.1, 0.15) is 11.8 Å². The number of rotatable bonds is 1. The summed E-state index contributed by atoms with van der Waals surface area (Å²) in [6.45, 7) is 0.735. The van der Waals surface area contributed by atoms with Crippen LogP contribution < -0.4 is 5.73 Å². The molecule has 0 aromatic rings. The Kier molecular flexibility index (Phi) is 2.46. The first-order valence-electron chi connectivity index (χ1n) is 3.63. The third-order valence-corrected chi connectivity index (χ3v) is 1.79. The van der Waals surface area contributed by atoms with Crippen LogP contribution in [0.1, 0.15) is 12.8 Å². The number of methoxy groups -OCH3 is 1. The van der Waals surface area contributed by atoms with E-state index >= 15 is 0 Å². The maximum Gasteiger partial charge on any atom is 0.316 e. The molecule has 1 heterocycles. The average molecular weight is 156 g/mol. The first kappa shape index (κ1) is 8.04. The van der Waals surface area contributed by atoms with Gasteiger partial charge in [-0.15, -0.1) is 0 Å². The standard InChI is InChI=1S/C7H12N2O2/c1-11-7(10)5-3-2-4-9-6(5)8/h5H,2-4H2,1H3,(H2,8,9)/t5-/m0/s1. The molecular formula is C7H12N2O2. The number of nitrogens with two attached hydrogens (primary N) is 1. The summed E-state index contributed by atoms with van der Waals surface area (Å²) in [5, 5.41) is 0. The Morgan fingerprint density at radius 1 is 1.82 bits per heavy atom. The highest BCUT2D eigenvalue weighted by atomic mass is 16.5. The molecule has 0 radical (unpaired) electrons. The molecule has 0 fully saturated rings. The molecule has 2 N–H and O–H groups in total. The van der Waals surface area contributed by atoms with E-state index in [1.807, 2.05) is 0 Å². The van der Waals surface area contributed by atoms with Gasteiger partial charge < -0.3 is 10.5 Å². The first-order valence-corrected chi connectivity index (χ1v) is 3.63. The van der Waals surface area contributed by atoms with Crippen molar-refractivity contribution < 1.29 is 9.53 Å². The van der Waals surface area contributed by atoms with E-state index in [2.05, 4.69) is 9.73 Å². The van der Waals surface area contributed by atoms with Crippen molar-refractivity contribution in [3.8, 4) is 0 Å². The fraction of sp³-hybridized carbons (Fsp3) is 0.714. The molecule has 1 aliphatic heterocycles. The minimum absolute atomic E-state index is 0.272. The van der Waals surface area contributed by atoms with Crippen molar-refractivity contribution in [1.82, 2.24) is 0 Å². The van der Waals surface area contributed by atoms with Gasteiger partial charge in [0.15, 0.2) is 0 Å². The fourth-order valence-corrected chi connectivity index (χ4v) is 1.14. The van der Waals surface area contributed by atoms with Gasteiger partial charge in [-0.05, 0) is 12.8 Å². The number of ether oxygens (including phenoxy) is 1. The van der Waals surface area contributed by atoms with Crippen LogP contribution in [-0.2, 0) is 9.53 Å².